The third-order valence-corrected chi connectivity index (χ3v) is 7.65. The van der Waals surface area contributed by atoms with Gasteiger partial charge in [0.05, 0.1) is 6.04 Å². The molecule has 2 aromatic rings. The van der Waals surface area contributed by atoms with Crippen LogP contribution in [0.1, 0.15) is 53.3 Å². The summed E-state index contributed by atoms with van der Waals surface area (Å²) < 4.78 is 34.6. The molecule has 1 spiro atoms. The average molecular weight is 506 g/mol. The Hall–Kier alpha value is -2.39. The Kier molecular flexibility index (Phi) is 5.28. The van der Waals surface area contributed by atoms with Gasteiger partial charge in [-0.1, -0.05) is 15.9 Å². The number of aromatic nitrogens is 1. The van der Waals surface area contributed by atoms with Crippen molar-refractivity contribution in [2.75, 3.05) is 13.1 Å². The van der Waals surface area contributed by atoms with E-state index < -0.39 is 29.5 Å². The lowest BCUT2D eigenvalue weighted by molar-refractivity contribution is -0.142. The predicted octanol–water partition coefficient (Wildman–Crippen LogP) is 4.13. The van der Waals surface area contributed by atoms with Gasteiger partial charge in [0.2, 0.25) is 0 Å². The second kappa shape index (κ2) is 7.88. The number of fused-ring (bicyclic) bond motifs is 1. The van der Waals surface area contributed by atoms with Crippen molar-refractivity contribution >= 4 is 27.7 Å². The minimum Gasteiger partial charge on any atom is -0.342 e. The number of halogens is 3. The summed E-state index contributed by atoms with van der Waals surface area (Å²) in [6, 6.07) is 4.77. The van der Waals surface area contributed by atoms with Crippen LogP contribution in [0.5, 0.6) is 0 Å². The van der Waals surface area contributed by atoms with Gasteiger partial charge in [-0.05, 0) is 49.1 Å². The largest absolute Gasteiger partial charge is 0.342 e. The summed E-state index contributed by atoms with van der Waals surface area (Å²) in [6.45, 7) is 2.58. The summed E-state index contributed by atoms with van der Waals surface area (Å²) in [5.41, 5.74) is 0.619. The van der Waals surface area contributed by atoms with Gasteiger partial charge in [0, 0.05) is 42.7 Å². The van der Waals surface area contributed by atoms with Gasteiger partial charge in [-0.15, -0.1) is 0 Å². The van der Waals surface area contributed by atoms with E-state index in [1.165, 1.54) is 12.1 Å². The van der Waals surface area contributed by atoms with Crippen LogP contribution in [0.2, 0.25) is 0 Å². The third kappa shape index (κ3) is 3.42. The first-order chi connectivity index (χ1) is 15.3. The van der Waals surface area contributed by atoms with Crippen LogP contribution in [-0.4, -0.2) is 51.5 Å². The third-order valence-electron chi connectivity index (χ3n) is 6.79. The van der Waals surface area contributed by atoms with E-state index in [2.05, 4.69) is 20.9 Å². The minimum absolute atomic E-state index is 0.154. The van der Waals surface area contributed by atoms with Crippen LogP contribution in [-0.2, 0) is 9.53 Å². The standard InChI is InChI=1S/C23H22BrF2N3O3/c1-13-17(24)4-7-27-20(13)21(30)28-8-5-23(6-9-28)22(31)29-18(2-3-19(29)32-23)14-10-15(25)12-16(26)11-14/h4,7,10-12,18-19H,2-3,5-6,8-9H2,1H3/t18-,19+/m0/s1. The summed E-state index contributed by atoms with van der Waals surface area (Å²) in [6.07, 6.45) is 3.14. The molecule has 2 atom stereocenters. The van der Waals surface area contributed by atoms with Crippen LogP contribution in [0, 0.1) is 18.6 Å². The van der Waals surface area contributed by atoms with Crippen LogP contribution in [0.4, 0.5) is 8.78 Å². The van der Waals surface area contributed by atoms with E-state index >= 15 is 0 Å². The summed E-state index contributed by atoms with van der Waals surface area (Å²) in [7, 11) is 0. The van der Waals surface area contributed by atoms with E-state index in [4.69, 9.17) is 4.74 Å². The van der Waals surface area contributed by atoms with Crippen molar-refractivity contribution in [2.24, 2.45) is 0 Å². The van der Waals surface area contributed by atoms with Crippen molar-refractivity contribution in [3.63, 3.8) is 0 Å². The average Bonchev–Trinajstić information content (AvgIpc) is 3.28. The Morgan fingerprint density at radius 2 is 1.88 bits per heavy atom. The van der Waals surface area contributed by atoms with E-state index in [9.17, 15) is 18.4 Å². The Morgan fingerprint density at radius 1 is 1.19 bits per heavy atom. The smallest absolute Gasteiger partial charge is 0.272 e. The summed E-state index contributed by atoms with van der Waals surface area (Å²) >= 11 is 3.43. The number of nitrogens with zero attached hydrogens (tertiary/aromatic N) is 3. The fourth-order valence-electron chi connectivity index (χ4n) is 5.09. The normalized spacial score (nSPS) is 24.3. The van der Waals surface area contributed by atoms with E-state index in [1.54, 1.807) is 22.1 Å². The fraction of sp³-hybridized carbons (Fsp3) is 0.435. The Bertz CT molecular complexity index is 1080. The molecule has 9 heteroatoms. The first kappa shape index (κ1) is 21.5. The zero-order valence-corrected chi connectivity index (χ0v) is 19.1. The quantitative estimate of drug-likeness (QED) is 0.615. The lowest BCUT2D eigenvalue weighted by Crippen LogP contribution is -2.51. The highest BCUT2D eigenvalue weighted by atomic mass is 79.9. The maximum Gasteiger partial charge on any atom is 0.272 e. The van der Waals surface area contributed by atoms with Gasteiger partial charge in [-0.25, -0.2) is 8.78 Å². The number of likely N-dealkylation sites (tertiary alicyclic amines) is 1. The SMILES string of the molecule is Cc1c(Br)ccnc1C(=O)N1CCC2(CC1)O[C@@H]1CC[C@@H](c3cc(F)cc(F)c3)N1C2=O. The summed E-state index contributed by atoms with van der Waals surface area (Å²) in [4.78, 5) is 34.0. The molecule has 3 fully saturated rings. The van der Waals surface area contributed by atoms with E-state index in [-0.39, 0.29) is 11.8 Å². The maximum atomic E-state index is 13.8. The number of rotatable bonds is 2. The molecule has 1 aromatic carbocycles. The molecule has 2 amide bonds. The molecule has 3 aliphatic rings. The van der Waals surface area contributed by atoms with Crippen LogP contribution in [0.15, 0.2) is 34.9 Å². The van der Waals surface area contributed by atoms with E-state index in [1.807, 2.05) is 6.92 Å². The van der Waals surface area contributed by atoms with Crippen LogP contribution >= 0.6 is 15.9 Å². The number of hydrogen-bond donors (Lipinski definition) is 0. The molecular formula is C23H22BrF2N3O3. The number of hydrogen-bond acceptors (Lipinski definition) is 4. The fourth-order valence-corrected chi connectivity index (χ4v) is 5.39. The zero-order valence-electron chi connectivity index (χ0n) is 17.5. The number of piperidine rings is 1. The molecule has 168 valence electrons. The Morgan fingerprint density at radius 3 is 2.56 bits per heavy atom. The number of pyridine rings is 1. The van der Waals surface area contributed by atoms with E-state index in [0.717, 1.165) is 16.1 Å². The maximum absolute atomic E-state index is 13.8. The molecule has 3 aliphatic heterocycles. The summed E-state index contributed by atoms with van der Waals surface area (Å²) in [5, 5.41) is 0. The van der Waals surface area contributed by atoms with Crippen molar-refractivity contribution in [3.05, 3.63) is 63.4 Å². The minimum atomic E-state index is -0.994. The first-order valence-electron chi connectivity index (χ1n) is 10.7. The summed E-state index contributed by atoms with van der Waals surface area (Å²) in [5.74, 6) is -1.64. The lowest BCUT2D eigenvalue weighted by Gasteiger charge is -2.37. The highest BCUT2D eigenvalue weighted by Gasteiger charge is 2.58. The molecule has 6 nitrogen and oxygen atoms in total. The number of carbonyl (C=O) groups is 2. The van der Waals surface area contributed by atoms with Gasteiger partial charge in [-0.2, -0.15) is 0 Å². The zero-order chi connectivity index (χ0) is 22.6. The van der Waals surface area contributed by atoms with Crippen molar-refractivity contribution in [2.45, 2.75) is 50.5 Å². The first-order valence-corrected chi connectivity index (χ1v) is 11.5. The number of ether oxygens (including phenoxy) is 1. The molecule has 32 heavy (non-hydrogen) atoms. The molecule has 0 unspecified atom stereocenters. The van der Waals surface area contributed by atoms with Gasteiger partial charge in [0.15, 0.2) is 5.60 Å². The Labute approximate surface area is 192 Å². The molecule has 0 radical (unpaired) electrons. The number of amides is 2. The molecule has 5 rings (SSSR count). The molecule has 0 saturated carbocycles. The Balaban J connectivity index is 1.32. The van der Waals surface area contributed by atoms with Crippen molar-refractivity contribution < 1.29 is 23.1 Å². The van der Waals surface area contributed by atoms with Crippen LogP contribution in [0.25, 0.3) is 0 Å². The van der Waals surface area contributed by atoms with Crippen molar-refractivity contribution in [1.82, 2.24) is 14.8 Å². The molecule has 4 heterocycles. The highest BCUT2D eigenvalue weighted by molar-refractivity contribution is 9.10. The van der Waals surface area contributed by atoms with E-state index in [0.29, 0.717) is 50.0 Å². The second-order valence-corrected chi connectivity index (χ2v) is 9.49. The van der Waals surface area contributed by atoms with Crippen molar-refractivity contribution in [1.29, 1.82) is 0 Å². The molecular weight excluding hydrogens is 484 g/mol. The van der Waals surface area contributed by atoms with Gasteiger partial charge in [0.25, 0.3) is 11.8 Å². The monoisotopic (exact) mass is 505 g/mol. The number of benzene rings is 1. The highest BCUT2D eigenvalue weighted by Crippen LogP contribution is 2.47. The van der Waals surface area contributed by atoms with Crippen molar-refractivity contribution in [3.8, 4) is 0 Å². The van der Waals surface area contributed by atoms with Gasteiger partial charge in [0.1, 0.15) is 23.6 Å². The van der Waals surface area contributed by atoms with Gasteiger partial charge >= 0.3 is 0 Å². The topological polar surface area (TPSA) is 62.7 Å². The second-order valence-electron chi connectivity index (χ2n) is 8.63. The number of carbonyl (C=O) groups excluding carboxylic acids is 2. The molecule has 3 saturated heterocycles. The van der Waals surface area contributed by atoms with Gasteiger partial charge < -0.3 is 14.5 Å². The molecule has 0 N–H and O–H groups in total. The molecule has 0 aliphatic carbocycles. The van der Waals surface area contributed by atoms with Crippen LogP contribution < -0.4 is 0 Å². The lowest BCUT2D eigenvalue weighted by atomic mass is 9.89. The molecule has 0 bridgehead atoms. The van der Waals surface area contributed by atoms with Crippen LogP contribution in [0.3, 0.4) is 0 Å². The molecule has 1 aromatic heterocycles. The predicted molar refractivity (Wildman–Crippen MR) is 115 cm³/mol. The van der Waals surface area contributed by atoms with Gasteiger partial charge in [-0.3, -0.25) is 14.6 Å².